The van der Waals surface area contributed by atoms with E-state index in [1.54, 1.807) is 29.8 Å². The molecule has 1 aromatic carbocycles. The van der Waals surface area contributed by atoms with E-state index in [4.69, 9.17) is 8.94 Å². The second-order valence-electron chi connectivity index (χ2n) is 5.36. The number of furan rings is 1. The number of benzene rings is 1. The molecule has 3 heterocycles. The maximum absolute atomic E-state index is 5.25. The van der Waals surface area contributed by atoms with Gasteiger partial charge in [-0.1, -0.05) is 36.3 Å². The van der Waals surface area contributed by atoms with Gasteiger partial charge in [0.15, 0.2) is 0 Å². The van der Waals surface area contributed by atoms with E-state index in [9.17, 15) is 0 Å². The van der Waals surface area contributed by atoms with Crippen LogP contribution in [-0.4, -0.2) is 15.1 Å². The van der Waals surface area contributed by atoms with Gasteiger partial charge in [-0.2, -0.15) is 4.98 Å². The second-order valence-corrected chi connectivity index (χ2v) is 6.31. The number of aryl methyl sites for hydroxylation is 1. The molecule has 4 aromatic rings. The zero-order valence-electron chi connectivity index (χ0n) is 13.5. The van der Waals surface area contributed by atoms with Gasteiger partial charge in [-0.3, -0.25) is 0 Å². The zero-order valence-corrected chi connectivity index (χ0v) is 14.4. The van der Waals surface area contributed by atoms with Crippen molar-refractivity contribution in [3.8, 4) is 22.6 Å². The highest BCUT2D eigenvalue weighted by atomic mass is 32.1. The maximum Gasteiger partial charge on any atom is 0.251 e. The fourth-order valence-corrected chi connectivity index (χ4v) is 3.11. The van der Waals surface area contributed by atoms with Gasteiger partial charge in [-0.05, 0) is 24.6 Å². The monoisotopic (exact) mass is 349 g/mol. The maximum atomic E-state index is 5.25. The SMILES string of the molecule is CCc1nc(-c2ccc(-c3noc(/C=C/c4ccco4)n3)cc2)cs1. The molecule has 0 atom stereocenters. The van der Waals surface area contributed by atoms with E-state index in [1.807, 2.05) is 36.4 Å². The summed E-state index contributed by atoms with van der Waals surface area (Å²) in [7, 11) is 0. The number of nitrogens with zero attached hydrogens (tertiary/aromatic N) is 3. The smallest absolute Gasteiger partial charge is 0.251 e. The van der Waals surface area contributed by atoms with Gasteiger partial charge in [-0.15, -0.1) is 11.3 Å². The van der Waals surface area contributed by atoms with Crippen molar-refractivity contribution in [1.29, 1.82) is 0 Å². The molecule has 0 saturated heterocycles. The summed E-state index contributed by atoms with van der Waals surface area (Å²) >= 11 is 1.69. The molecule has 0 unspecified atom stereocenters. The first-order valence-electron chi connectivity index (χ1n) is 7.92. The third-order valence-electron chi connectivity index (χ3n) is 3.67. The molecule has 124 valence electrons. The fourth-order valence-electron chi connectivity index (χ4n) is 2.36. The zero-order chi connectivity index (χ0) is 17.1. The van der Waals surface area contributed by atoms with Crippen LogP contribution >= 0.6 is 11.3 Å². The third kappa shape index (κ3) is 3.44. The summed E-state index contributed by atoms with van der Waals surface area (Å²) in [6.45, 7) is 2.11. The Morgan fingerprint density at radius 3 is 2.60 bits per heavy atom. The Hall–Kier alpha value is -2.99. The minimum Gasteiger partial charge on any atom is -0.465 e. The van der Waals surface area contributed by atoms with Crippen LogP contribution in [0.3, 0.4) is 0 Å². The van der Waals surface area contributed by atoms with Gasteiger partial charge in [0.05, 0.1) is 17.0 Å². The van der Waals surface area contributed by atoms with Crippen molar-refractivity contribution in [1.82, 2.24) is 15.1 Å². The van der Waals surface area contributed by atoms with Gasteiger partial charge in [0.2, 0.25) is 5.82 Å². The largest absolute Gasteiger partial charge is 0.465 e. The normalized spacial score (nSPS) is 11.4. The van der Waals surface area contributed by atoms with Crippen molar-refractivity contribution in [3.05, 3.63) is 64.7 Å². The number of aromatic nitrogens is 3. The molecule has 0 radical (unpaired) electrons. The summed E-state index contributed by atoms with van der Waals surface area (Å²) in [5.74, 6) is 1.72. The average molecular weight is 349 g/mol. The van der Waals surface area contributed by atoms with Crippen LogP contribution in [-0.2, 0) is 6.42 Å². The summed E-state index contributed by atoms with van der Waals surface area (Å²) in [6.07, 6.45) is 6.09. The Labute approximate surface area is 148 Å². The molecule has 0 amide bonds. The van der Waals surface area contributed by atoms with E-state index in [2.05, 4.69) is 27.4 Å². The molecular weight excluding hydrogens is 334 g/mol. The number of hydrogen-bond acceptors (Lipinski definition) is 6. The van der Waals surface area contributed by atoms with Crippen molar-refractivity contribution < 1.29 is 8.94 Å². The van der Waals surface area contributed by atoms with Crippen LogP contribution in [0.5, 0.6) is 0 Å². The van der Waals surface area contributed by atoms with Crippen molar-refractivity contribution in [3.63, 3.8) is 0 Å². The van der Waals surface area contributed by atoms with Crippen molar-refractivity contribution >= 4 is 23.5 Å². The van der Waals surface area contributed by atoms with Gasteiger partial charge in [-0.25, -0.2) is 4.98 Å². The molecular formula is C19H15N3O2S. The molecule has 0 saturated carbocycles. The van der Waals surface area contributed by atoms with Gasteiger partial charge < -0.3 is 8.94 Å². The van der Waals surface area contributed by atoms with E-state index < -0.39 is 0 Å². The van der Waals surface area contributed by atoms with Crippen LogP contribution in [0.15, 0.2) is 57.0 Å². The lowest BCUT2D eigenvalue weighted by atomic mass is 10.1. The molecule has 0 spiro atoms. The van der Waals surface area contributed by atoms with Crippen molar-refractivity contribution in [2.75, 3.05) is 0 Å². The fraction of sp³-hybridized carbons (Fsp3) is 0.105. The molecule has 6 heteroatoms. The van der Waals surface area contributed by atoms with Gasteiger partial charge in [0.1, 0.15) is 5.76 Å². The van der Waals surface area contributed by atoms with Crippen molar-refractivity contribution in [2.45, 2.75) is 13.3 Å². The lowest BCUT2D eigenvalue weighted by Gasteiger charge is -1.98. The molecule has 3 aromatic heterocycles. The van der Waals surface area contributed by atoms with E-state index in [-0.39, 0.29) is 0 Å². The Morgan fingerprint density at radius 2 is 1.88 bits per heavy atom. The third-order valence-corrected chi connectivity index (χ3v) is 4.66. The predicted octanol–water partition coefficient (Wildman–Crippen LogP) is 5.19. The topological polar surface area (TPSA) is 65.0 Å². The number of thiazole rings is 1. The van der Waals surface area contributed by atoms with E-state index in [1.165, 1.54) is 0 Å². The summed E-state index contributed by atoms with van der Waals surface area (Å²) < 4.78 is 10.5. The Balaban J connectivity index is 1.52. The first-order valence-corrected chi connectivity index (χ1v) is 8.80. The Morgan fingerprint density at radius 1 is 1.04 bits per heavy atom. The first-order chi connectivity index (χ1) is 12.3. The standard InChI is InChI=1S/C19H15N3O2S/c1-2-18-20-16(12-25-18)13-5-7-14(8-6-13)19-21-17(24-22-19)10-9-15-4-3-11-23-15/h3-12H,2H2,1H3/b10-9+. The van der Waals surface area contributed by atoms with E-state index in [0.717, 1.165) is 34.0 Å². The molecule has 0 fully saturated rings. The highest BCUT2D eigenvalue weighted by Crippen LogP contribution is 2.25. The quantitative estimate of drug-likeness (QED) is 0.496. The van der Waals surface area contributed by atoms with Crippen LogP contribution in [0.4, 0.5) is 0 Å². The number of rotatable bonds is 5. The molecule has 5 nitrogen and oxygen atoms in total. The minimum atomic E-state index is 0.433. The molecule has 0 aliphatic heterocycles. The highest BCUT2D eigenvalue weighted by molar-refractivity contribution is 7.09. The predicted molar refractivity (Wildman–Crippen MR) is 97.9 cm³/mol. The summed E-state index contributed by atoms with van der Waals surface area (Å²) in [4.78, 5) is 8.98. The highest BCUT2D eigenvalue weighted by Gasteiger charge is 2.08. The van der Waals surface area contributed by atoms with Crippen LogP contribution in [0.1, 0.15) is 23.6 Å². The second kappa shape index (κ2) is 6.86. The first kappa shape index (κ1) is 15.5. The van der Waals surface area contributed by atoms with Crippen LogP contribution in [0.25, 0.3) is 34.8 Å². The Kier molecular flexibility index (Phi) is 4.26. The summed E-state index contributed by atoms with van der Waals surface area (Å²) in [5.41, 5.74) is 2.99. The molecule has 4 rings (SSSR count). The molecule has 25 heavy (non-hydrogen) atoms. The molecule has 0 bridgehead atoms. The summed E-state index contributed by atoms with van der Waals surface area (Å²) in [6, 6.07) is 11.7. The number of hydrogen-bond donors (Lipinski definition) is 0. The van der Waals surface area contributed by atoms with Crippen LogP contribution < -0.4 is 0 Å². The Bertz CT molecular complexity index is 982. The minimum absolute atomic E-state index is 0.433. The van der Waals surface area contributed by atoms with E-state index in [0.29, 0.717) is 11.7 Å². The molecule has 0 aliphatic carbocycles. The summed E-state index contributed by atoms with van der Waals surface area (Å²) in [5, 5.41) is 7.25. The van der Waals surface area contributed by atoms with Gasteiger partial charge >= 0.3 is 0 Å². The van der Waals surface area contributed by atoms with Gasteiger partial charge in [0, 0.05) is 22.6 Å². The van der Waals surface area contributed by atoms with Crippen LogP contribution in [0.2, 0.25) is 0 Å². The lowest BCUT2D eigenvalue weighted by molar-refractivity contribution is 0.411. The molecule has 0 aliphatic rings. The average Bonchev–Trinajstić information content (AvgIpc) is 3.41. The van der Waals surface area contributed by atoms with Crippen LogP contribution in [0, 0.1) is 0 Å². The van der Waals surface area contributed by atoms with Gasteiger partial charge in [0.25, 0.3) is 5.89 Å². The molecule has 0 N–H and O–H groups in total. The van der Waals surface area contributed by atoms with E-state index >= 15 is 0 Å². The lowest BCUT2D eigenvalue weighted by Crippen LogP contribution is -1.83. The van der Waals surface area contributed by atoms with Crippen molar-refractivity contribution in [2.24, 2.45) is 0 Å².